The fourth-order valence-electron chi connectivity index (χ4n) is 5.64. The van der Waals surface area contributed by atoms with Crippen molar-refractivity contribution in [1.29, 1.82) is 0 Å². The Bertz CT molecular complexity index is 1240. The van der Waals surface area contributed by atoms with E-state index in [0.29, 0.717) is 18.2 Å². The van der Waals surface area contributed by atoms with Gasteiger partial charge in [0.15, 0.2) is 5.82 Å². The van der Waals surface area contributed by atoms with Gasteiger partial charge in [0.05, 0.1) is 4.90 Å². The summed E-state index contributed by atoms with van der Waals surface area (Å²) in [4.78, 5) is 4.55. The molecule has 1 aromatic heterocycles. The molecule has 6 nitrogen and oxygen atoms in total. The first-order chi connectivity index (χ1) is 15.9. The minimum absolute atomic E-state index is 0.173. The highest BCUT2D eigenvalue weighted by Crippen LogP contribution is 2.44. The molecule has 3 unspecified atom stereocenters. The molecule has 2 N–H and O–H groups in total. The van der Waals surface area contributed by atoms with Crippen LogP contribution in [0.25, 0.3) is 5.69 Å². The maximum absolute atomic E-state index is 15.0. The van der Waals surface area contributed by atoms with Crippen LogP contribution in [0.4, 0.5) is 4.39 Å². The van der Waals surface area contributed by atoms with Gasteiger partial charge in [-0.05, 0) is 60.8 Å². The van der Waals surface area contributed by atoms with E-state index in [-0.39, 0.29) is 10.6 Å². The van der Waals surface area contributed by atoms with Gasteiger partial charge in [0.2, 0.25) is 10.0 Å². The topological polar surface area (TPSA) is 90.9 Å². The van der Waals surface area contributed by atoms with Crippen LogP contribution in [-0.4, -0.2) is 23.2 Å². The van der Waals surface area contributed by atoms with E-state index < -0.39 is 15.8 Å². The van der Waals surface area contributed by atoms with Gasteiger partial charge in [-0.25, -0.2) is 27.6 Å². The van der Waals surface area contributed by atoms with Gasteiger partial charge in [0.25, 0.3) is 0 Å². The lowest BCUT2D eigenvalue weighted by Gasteiger charge is -2.31. The van der Waals surface area contributed by atoms with Crippen LogP contribution < -0.4 is 5.14 Å². The maximum atomic E-state index is 15.0. The molecule has 0 spiro atoms. The SMILES string of the molecule is NS(=O)(=O)c1ccc(-n2nc(CC3CCC4CCCC4C3)nc2Cc2ccccc2)c(F)c1. The minimum atomic E-state index is -3.99. The molecule has 2 saturated carbocycles. The van der Waals surface area contributed by atoms with E-state index in [4.69, 9.17) is 15.2 Å². The summed E-state index contributed by atoms with van der Waals surface area (Å²) >= 11 is 0. The first-order valence-electron chi connectivity index (χ1n) is 11.7. The van der Waals surface area contributed by atoms with Crippen molar-refractivity contribution in [2.24, 2.45) is 22.9 Å². The Kier molecular flexibility index (Phi) is 6.05. The molecule has 0 radical (unpaired) electrons. The molecule has 8 heteroatoms. The third-order valence-corrected chi connectivity index (χ3v) is 8.18. The van der Waals surface area contributed by atoms with Crippen LogP contribution in [0.1, 0.15) is 55.7 Å². The molecule has 2 fully saturated rings. The van der Waals surface area contributed by atoms with E-state index in [0.717, 1.165) is 35.7 Å². The summed E-state index contributed by atoms with van der Waals surface area (Å²) in [6.45, 7) is 0. The van der Waals surface area contributed by atoms with Gasteiger partial charge in [0.1, 0.15) is 17.3 Å². The van der Waals surface area contributed by atoms with Crippen LogP contribution in [0.2, 0.25) is 0 Å². The number of sulfonamides is 1. The Morgan fingerprint density at radius 2 is 1.82 bits per heavy atom. The fraction of sp³-hybridized carbons (Fsp3) is 0.440. The van der Waals surface area contributed by atoms with Crippen LogP contribution >= 0.6 is 0 Å². The normalized spacial score (nSPS) is 22.9. The lowest BCUT2D eigenvalue weighted by molar-refractivity contribution is 0.206. The number of nitrogens with zero attached hydrogens (tertiary/aromatic N) is 3. The molecule has 0 aliphatic heterocycles. The van der Waals surface area contributed by atoms with Crippen LogP contribution in [0.15, 0.2) is 53.4 Å². The smallest absolute Gasteiger partial charge is 0.225 e. The van der Waals surface area contributed by atoms with Gasteiger partial charge in [0, 0.05) is 12.8 Å². The van der Waals surface area contributed by atoms with Crippen LogP contribution in [0.3, 0.4) is 0 Å². The summed E-state index contributed by atoms with van der Waals surface area (Å²) in [6.07, 6.45) is 9.06. The summed E-state index contributed by atoms with van der Waals surface area (Å²) in [5.74, 6) is 2.94. The number of aromatic nitrogens is 3. The Morgan fingerprint density at radius 1 is 1.03 bits per heavy atom. The highest BCUT2D eigenvalue weighted by atomic mass is 32.2. The lowest BCUT2D eigenvalue weighted by atomic mass is 9.75. The molecule has 2 aliphatic carbocycles. The Balaban J connectivity index is 1.46. The van der Waals surface area contributed by atoms with Crippen LogP contribution in [0.5, 0.6) is 0 Å². The molecule has 0 amide bonds. The van der Waals surface area contributed by atoms with E-state index in [1.807, 2.05) is 30.3 Å². The van der Waals surface area contributed by atoms with Gasteiger partial charge in [-0.15, -0.1) is 0 Å². The third-order valence-electron chi connectivity index (χ3n) is 7.27. The minimum Gasteiger partial charge on any atom is -0.225 e. The van der Waals surface area contributed by atoms with E-state index in [2.05, 4.69) is 0 Å². The first kappa shape index (κ1) is 22.2. The third kappa shape index (κ3) is 4.87. The summed E-state index contributed by atoms with van der Waals surface area (Å²) in [6, 6.07) is 13.5. The number of primary sulfonamides is 1. The number of hydrogen-bond acceptors (Lipinski definition) is 4. The van der Waals surface area contributed by atoms with Crippen molar-refractivity contribution in [2.75, 3.05) is 0 Å². The zero-order valence-electron chi connectivity index (χ0n) is 18.5. The van der Waals surface area contributed by atoms with E-state index in [9.17, 15) is 12.8 Å². The summed E-state index contributed by atoms with van der Waals surface area (Å²) in [7, 11) is -3.99. The van der Waals surface area contributed by atoms with Gasteiger partial charge >= 0.3 is 0 Å². The molecular weight excluding hydrogens is 439 g/mol. The van der Waals surface area contributed by atoms with Gasteiger partial charge in [-0.1, -0.05) is 49.6 Å². The van der Waals surface area contributed by atoms with Crippen molar-refractivity contribution < 1.29 is 12.8 Å². The van der Waals surface area contributed by atoms with Crippen molar-refractivity contribution in [3.63, 3.8) is 0 Å². The standard InChI is InChI=1S/C25H29FN4O2S/c26-22-16-21(33(27,31)32)11-12-23(22)30-25(15-17-5-2-1-3-6-17)28-24(29-30)14-18-9-10-19-7-4-8-20(19)13-18/h1-3,5-6,11-12,16,18-20H,4,7-10,13-15H2,(H2,27,31,32). The fourth-order valence-corrected chi connectivity index (χ4v) is 6.17. The second-order valence-corrected chi connectivity index (χ2v) is 11.1. The molecule has 2 aliphatic rings. The van der Waals surface area contributed by atoms with Crippen molar-refractivity contribution in [3.8, 4) is 5.69 Å². The van der Waals surface area contributed by atoms with E-state index in [1.54, 1.807) is 0 Å². The monoisotopic (exact) mass is 468 g/mol. The first-order valence-corrected chi connectivity index (χ1v) is 13.2. The molecular formula is C25H29FN4O2S. The van der Waals surface area contributed by atoms with Gasteiger partial charge in [-0.3, -0.25) is 0 Å². The molecule has 3 aromatic rings. The van der Waals surface area contributed by atoms with E-state index >= 15 is 0 Å². The Hall–Kier alpha value is -2.58. The van der Waals surface area contributed by atoms with Crippen LogP contribution in [-0.2, 0) is 22.9 Å². The number of benzene rings is 2. The van der Waals surface area contributed by atoms with Crippen molar-refractivity contribution in [1.82, 2.24) is 14.8 Å². The zero-order chi connectivity index (χ0) is 23.0. The molecule has 3 atom stereocenters. The number of rotatable bonds is 6. The molecule has 174 valence electrons. The summed E-state index contributed by atoms with van der Waals surface area (Å²) in [5, 5.41) is 9.86. The zero-order valence-corrected chi connectivity index (χ0v) is 19.3. The largest absolute Gasteiger partial charge is 0.238 e. The second-order valence-electron chi connectivity index (χ2n) is 9.51. The number of hydrogen-bond donors (Lipinski definition) is 1. The molecule has 0 bridgehead atoms. The average molecular weight is 469 g/mol. The summed E-state index contributed by atoms with van der Waals surface area (Å²) in [5.41, 5.74) is 1.22. The van der Waals surface area contributed by atoms with Crippen molar-refractivity contribution in [2.45, 2.75) is 56.3 Å². The maximum Gasteiger partial charge on any atom is 0.238 e. The highest BCUT2D eigenvalue weighted by molar-refractivity contribution is 7.89. The molecule has 33 heavy (non-hydrogen) atoms. The molecule has 0 saturated heterocycles. The predicted molar refractivity (Wildman–Crippen MR) is 124 cm³/mol. The molecule has 2 aromatic carbocycles. The van der Waals surface area contributed by atoms with E-state index in [1.165, 1.54) is 55.3 Å². The lowest BCUT2D eigenvalue weighted by Crippen LogP contribution is -2.22. The summed E-state index contributed by atoms with van der Waals surface area (Å²) < 4.78 is 39.8. The van der Waals surface area contributed by atoms with Crippen LogP contribution in [0, 0.1) is 23.6 Å². The predicted octanol–water partition coefficient (Wildman–Crippen LogP) is 4.40. The van der Waals surface area contributed by atoms with Gasteiger partial charge in [-0.2, -0.15) is 5.10 Å². The van der Waals surface area contributed by atoms with Crippen molar-refractivity contribution in [3.05, 3.63) is 71.6 Å². The molecule has 1 heterocycles. The second kappa shape index (κ2) is 8.99. The Morgan fingerprint density at radius 3 is 2.58 bits per heavy atom. The quantitative estimate of drug-likeness (QED) is 0.580. The number of halogens is 1. The van der Waals surface area contributed by atoms with Gasteiger partial charge < -0.3 is 0 Å². The molecule has 5 rings (SSSR count). The Labute approximate surface area is 194 Å². The average Bonchev–Trinajstić information content (AvgIpc) is 3.40. The van der Waals surface area contributed by atoms with Crippen molar-refractivity contribution >= 4 is 10.0 Å². The number of nitrogens with two attached hydrogens (primary N) is 1. The highest BCUT2D eigenvalue weighted by Gasteiger charge is 2.34. The number of fused-ring (bicyclic) bond motifs is 1.